The van der Waals surface area contributed by atoms with Gasteiger partial charge >= 0.3 is 0 Å². The molecule has 0 fully saturated rings. The van der Waals surface area contributed by atoms with Gasteiger partial charge in [-0.3, -0.25) is 0 Å². The van der Waals surface area contributed by atoms with Gasteiger partial charge in [0.15, 0.2) is 0 Å². The molecule has 0 saturated carbocycles. The predicted molar refractivity (Wildman–Crippen MR) is 135 cm³/mol. The summed E-state index contributed by atoms with van der Waals surface area (Å²) in [4.78, 5) is 2.84. The van der Waals surface area contributed by atoms with Gasteiger partial charge in [-0.2, -0.15) is 0 Å². The Hall–Kier alpha value is -0.0400. The SMILES string of the molecule is CCCCC(CC)CN(CCCCC(C)CC(C)C)CCC(C)CCCC(C)C. The zero-order valence-electron chi connectivity index (χ0n) is 21.9. The van der Waals surface area contributed by atoms with Crippen molar-refractivity contribution in [2.24, 2.45) is 29.6 Å². The lowest BCUT2D eigenvalue weighted by Crippen LogP contribution is -2.32. The fraction of sp³-hybridized carbons (Fsp3) is 1.00. The van der Waals surface area contributed by atoms with Gasteiger partial charge < -0.3 is 4.90 Å². The van der Waals surface area contributed by atoms with Crippen LogP contribution in [0.1, 0.15) is 132 Å². The normalized spacial score (nSPS) is 15.4. The van der Waals surface area contributed by atoms with Gasteiger partial charge in [0.1, 0.15) is 0 Å². The number of unbranched alkanes of at least 4 members (excludes halogenated alkanes) is 2. The molecule has 1 heteroatoms. The molecule has 0 aromatic carbocycles. The molecule has 0 amide bonds. The van der Waals surface area contributed by atoms with E-state index in [1.807, 2.05) is 0 Å². The Morgan fingerprint density at radius 2 is 1.28 bits per heavy atom. The molecule has 3 unspecified atom stereocenters. The van der Waals surface area contributed by atoms with Crippen molar-refractivity contribution in [2.75, 3.05) is 19.6 Å². The zero-order chi connectivity index (χ0) is 22.1. The lowest BCUT2D eigenvalue weighted by molar-refractivity contribution is 0.199. The molecule has 1 nitrogen and oxygen atoms in total. The molecule has 0 rings (SSSR count). The van der Waals surface area contributed by atoms with Gasteiger partial charge in [0.05, 0.1) is 0 Å². The molecule has 0 spiro atoms. The van der Waals surface area contributed by atoms with E-state index >= 15 is 0 Å². The third-order valence-electron chi connectivity index (χ3n) is 6.77. The Morgan fingerprint density at radius 1 is 0.586 bits per heavy atom. The maximum absolute atomic E-state index is 2.84. The fourth-order valence-corrected chi connectivity index (χ4v) is 4.75. The van der Waals surface area contributed by atoms with Crippen LogP contribution in [-0.4, -0.2) is 24.5 Å². The van der Waals surface area contributed by atoms with Crippen molar-refractivity contribution in [3.05, 3.63) is 0 Å². The van der Waals surface area contributed by atoms with Gasteiger partial charge in [0, 0.05) is 6.54 Å². The highest BCUT2D eigenvalue weighted by molar-refractivity contribution is 4.68. The monoisotopic (exact) mass is 409 g/mol. The van der Waals surface area contributed by atoms with Crippen molar-refractivity contribution >= 4 is 0 Å². The highest BCUT2D eigenvalue weighted by atomic mass is 15.1. The summed E-state index contributed by atoms with van der Waals surface area (Å²) in [5.41, 5.74) is 0. The molecule has 0 heterocycles. The lowest BCUT2D eigenvalue weighted by Gasteiger charge is -2.28. The van der Waals surface area contributed by atoms with E-state index in [4.69, 9.17) is 0 Å². The summed E-state index contributed by atoms with van der Waals surface area (Å²) >= 11 is 0. The van der Waals surface area contributed by atoms with Crippen molar-refractivity contribution in [1.29, 1.82) is 0 Å². The summed E-state index contributed by atoms with van der Waals surface area (Å²) in [6.07, 6.45) is 16.8. The van der Waals surface area contributed by atoms with Crippen LogP contribution >= 0.6 is 0 Å². The first-order chi connectivity index (χ1) is 13.8. The summed E-state index contributed by atoms with van der Waals surface area (Å²) in [5.74, 6) is 4.41. The van der Waals surface area contributed by atoms with E-state index in [-0.39, 0.29) is 0 Å². The average Bonchev–Trinajstić information content (AvgIpc) is 2.64. The summed E-state index contributed by atoms with van der Waals surface area (Å²) in [6.45, 7) is 23.1. The second-order valence-corrected chi connectivity index (χ2v) is 11.2. The van der Waals surface area contributed by atoms with Crippen molar-refractivity contribution in [3.63, 3.8) is 0 Å². The standard InChI is InChI=1S/C28H59N/c1-9-11-18-28(10-2)23-29(20-13-12-16-27(8)22-25(5)6)21-19-26(7)17-14-15-24(3)4/h24-28H,9-23H2,1-8H3. The van der Waals surface area contributed by atoms with E-state index in [0.717, 1.165) is 29.6 Å². The molecule has 3 atom stereocenters. The molecular weight excluding hydrogens is 350 g/mol. The van der Waals surface area contributed by atoms with Gasteiger partial charge in [0.2, 0.25) is 0 Å². The van der Waals surface area contributed by atoms with Gasteiger partial charge in [-0.15, -0.1) is 0 Å². The Kier molecular flexibility index (Phi) is 18.7. The van der Waals surface area contributed by atoms with Crippen LogP contribution in [0, 0.1) is 29.6 Å². The third kappa shape index (κ3) is 18.4. The molecular formula is C28H59N. The Morgan fingerprint density at radius 3 is 1.86 bits per heavy atom. The molecule has 0 aliphatic heterocycles. The molecule has 0 aromatic heterocycles. The minimum atomic E-state index is 0.850. The molecule has 0 aliphatic carbocycles. The second-order valence-electron chi connectivity index (χ2n) is 11.2. The lowest BCUT2D eigenvalue weighted by atomic mass is 9.93. The summed E-state index contributed by atoms with van der Waals surface area (Å²) in [6, 6.07) is 0. The number of nitrogens with zero attached hydrogens (tertiary/aromatic N) is 1. The number of hydrogen-bond acceptors (Lipinski definition) is 1. The summed E-state index contributed by atoms with van der Waals surface area (Å²) in [7, 11) is 0. The van der Waals surface area contributed by atoms with E-state index in [1.165, 1.54) is 96.7 Å². The average molecular weight is 410 g/mol. The largest absolute Gasteiger partial charge is 0.303 e. The van der Waals surface area contributed by atoms with Gasteiger partial charge in [-0.05, 0) is 68.4 Å². The first-order valence-electron chi connectivity index (χ1n) is 13.5. The zero-order valence-corrected chi connectivity index (χ0v) is 21.9. The first kappa shape index (κ1) is 29.0. The van der Waals surface area contributed by atoms with Crippen molar-refractivity contribution in [2.45, 2.75) is 132 Å². The fourth-order valence-electron chi connectivity index (χ4n) is 4.75. The van der Waals surface area contributed by atoms with Crippen LogP contribution in [-0.2, 0) is 0 Å². The minimum absolute atomic E-state index is 0.850. The van der Waals surface area contributed by atoms with Crippen LogP contribution in [0.2, 0.25) is 0 Å². The molecule has 0 saturated heterocycles. The second kappa shape index (κ2) is 18.7. The van der Waals surface area contributed by atoms with E-state index in [9.17, 15) is 0 Å². The third-order valence-corrected chi connectivity index (χ3v) is 6.77. The molecule has 0 aliphatic rings. The van der Waals surface area contributed by atoms with Gasteiger partial charge in [-0.25, -0.2) is 0 Å². The van der Waals surface area contributed by atoms with Gasteiger partial charge in [0.25, 0.3) is 0 Å². The Bertz CT molecular complexity index is 335. The smallest absolute Gasteiger partial charge is 0.000956 e. The van der Waals surface area contributed by atoms with E-state index in [1.54, 1.807) is 0 Å². The Labute approximate surface area is 186 Å². The van der Waals surface area contributed by atoms with E-state index < -0.39 is 0 Å². The van der Waals surface area contributed by atoms with Crippen LogP contribution < -0.4 is 0 Å². The number of rotatable bonds is 20. The molecule has 0 aromatic rings. The van der Waals surface area contributed by atoms with Gasteiger partial charge in [-0.1, -0.05) is 107 Å². The quantitative estimate of drug-likeness (QED) is 0.181. The maximum Gasteiger partial charge on any atom is 0.000956 e. The number of hydrogen-bond donors (Lipinski definition) is 0. The van der Waals surface area contributed by atoms with Crippen LogP contribution in [0.4, 0.5) is 0 Å². The van der Waals surface area contributed by atoms with Crippen LogP contribution in [0.15, 0.2) is 0 Å². The molecule has 0 bridgehead atoms. The van der Waals surface area contributed by atoms with Crippen molar-refractivity contribution in [3.8, 4) is 0 Å². The van der Waals surface area contributed by atoms with Crippen LogP contribution in [0.5, 0.6) is 0 Å². The minimum Gasteiger partial charge on any atom is -0.303 e. The highest BCUT2D eigenvalue weighted by Gasteiger charge is 2.14. The van der Waals surface area contributed by atoms with Crippen molar-refractivity contribution < 1.29 is 0 Å². The van der Waals surface area contributed by atoms with Crippen molar-refractivity contribution in [1.82, 2.24) is 4.90 Å². The van der Waals surface area contributed by atoms with Crippen LogP contribution in [0.25, 0.3) is 0 Å². The van der Waals surface area contributed by atoms with E-state index in [2.05, 4.69) is 60.3 Å². The highest BCUT2D eigenvalue weighted by Crippen LogP contribution is 2.20. The topological polar surface area (TPSA) is 3.24 Å². The molecule has 0 radical (unpaired) electrons. The Balaban J connectivity index is 4.40. The molecule has 0 N–H and O–H groups in total. The molecule has 29 heavy (non-hydrogen) atoms. The first-order valence-corrected chi connectivity index (χ1v) is 13.5. The van der Waals surface area contributed by atoms with E-state index in [0.29, 0.717) is 0 Å². The summed E-state index contributed by atoms with van der Waals surface area (Å²) in [5, 5.41) is 0. The summed E-state index contributed by atoms with van der Waals surface area (Å²) < 4.78 is 0. The predicted octanol–water partition coefficient (Wildman–Crippen LogP) is 9.21. The molecule has 176 valence electrons. The van der Waals surface area contributed by atoms with Crippen LogP contribution in [0.3, 0.4) is 0 Å². The maximum atomic E-state index is 2.84.